The van der Waals surface area contributed by atoms with Gasteiger partial charge in [-0.1, -0.05) is 12.1 Å². The number of ketones is 2. The van der Waals surface area contributed by atoms with E-state index in [4.69, 9.17) is 4.74 Å². The average Bonchev–Trinajstić information content (AvgIpc) is 2.78. The van der Waals surface area contributed by atoms with E-state index in [9.17, 15) is 9.59 Å². The maximum Gasteiger partial charge on any atom is 0.180 e. The van der Waals surface area contributed by atoms with Crippen molar-refractivity contribution in [1.29, 1.82) is 0 Å². The standard InChI is InChI=1S/C16H14O3S/c17-10-4-3-7-16(8-10)9-12(18)15-14(19-16)11-5-1-2-6-13(11)20-15/h1-2,5-6H,3-4,7-9H2/t16-/m1/s1. The average molecular weight is 286 g/mol. The van der Waals surface area contributed by atoms with Crippen LogP contribution in [0.15, 0.2) is 24.3 Å². The summed E-state index contributed by atoms with van der Waals surface area (Å²) in [6, 6.07) is 7.92. The first-order valence-corrected chi connectivity index (χ1v) is 7.74. The number of ether oxygens (including phenoxy) is 1. The van der Waals surface area contributed by atoms with E-state index in [1.807, 2.05) is 24.3 Å². The summed E-state index contributed by atoms with van der Waals surface area (Å²) in [7, 11) is 0. The second kappa shape index (κ2) is 4.16. The summed E-state index contributed by atoms with van der Waals surface area (Å²) in [5, 5.41) is 0.998. The zero-order chi connectivity index (χ0) is 13.7. The fourth-order valence-corrected chi connectivity index (χ4v) is 4.38. The number of fused-ring (bicyclic) bond motifs is 3. The number of hydrogen-bond acceptors (Lipinski definition) is 4. The van der Waals surface area contributed by atoms with Gasteiger partial charge >= 0.3 is 0 Å². The van der Waals surface area contributed by atoms with Crippen molar-refractivity contribution >= 4 is 33.0 Å². The van der Waals surface area contributed by atoms with Crippen LogP contribution in [0.2, 0.25) is 0 Å². The summed E-state index contributed by atoms with van der Waals surface area (Å²) in [6.07, 6.45) is 2.97. The van der Waals surface area contributed by atoms with Gasteiger partial charge in [0.1, 0.15) is 22.0 Å². The molecular weight excluding hydrogens is 272 g/mol. The number of rotatable bonds is 0. The molecular formula is C16H14O3S. The summed E-state index contributed by atoms with van der Waals surface area (Å²) >= 11 is 1.50. The van der Waals surface area contributed by atoms with Gasteiger partial charge in [0.05, 0.1) is 6.42 Å². The third-order valence-corrected chi connectivity index (χ3v) is 5.40. The van der Waals surface area contributed by atoms with E-state index in [0.29, 0.717) is 25.0 Å². The van der Waals surface area contributed by atoms with Crippen molar-refractivity contribution < 1.29 is 14.3 Å². The number of carbonyl (C=O) groups excluding carboxylic acids is 2. The summed E-state index contributed by atoms with van der Waals surface area (Å²) in [5.74, 6) is 1.05. The Hall–Kier alpha value is -1.68. The Morgan fingerprint density at radius 2 is 2.00 bits per heavy atom. The molecule has 4 heteroatoms. The fraction of sp³-hybridized carbons (Fsp3) is 0.375. The van der Waals surface area contributed by atoms with Gasteiger partial charge in [-0.3, -0.25) is 9.59 Å². The molecule has 0 saturated heterocycles. The molecule has 1 aliphatic heterocycles. The maximum absolute atomic E-state index is 12.5. The first kappa shape index (κ1) is 12.1. The SMILES string of the molecule is O=C1CCC[C@@]2(C1)CC(=O)c1sc3ccccc3c1O2. The van der Waals surface area contributed by atoms with Crippen molar-refractivity contribution in [2.75, 3.05) is 0 Å². The largest absolute Gasteiger partial charge is 0.484 e. The molecule has 1 aromatic heterocycles. The van der Waals surface area contributed by atoms with E-state index >= 15 is 0 Å². The zero-order valence-corrected chi connectivity index (χ0v) is 11.8. The summed E-state index contributed by atoms with van der Waals surface area (Å²) in [5.41, 5.74) is -0.580. The van der Waals surface area contributed by atoms with E-state index in [0.717, 1.165) is 27.8 Å². The second-order valence-corrected chi connectivity index (χ2v) is 6.76. The highest BCUT2D eigenvalue weighted by Crippen LogP contribution is 2.47. The summed E-state index contributed by atoms with van der Waals surface area (Å²) in [4.78, 5) is 24.9. The van der Waals surface area contributed by atoms with Crippen LogP contribution in [0.1, 0.15) is 41.8 Å². The smallest absolute Gasteiger partial charge is 0.180 e. The van der Waals surface area contributed by atoms with Crippen LogP contribution in [-0.4, -0.2) is 17.2 Å². The van der Waals surface area contributed by atoms with E-state index in [1.54, 1.807) is 0 Å². The van der Waals surface area contributed by atoms with Crippen molar-refractivity contribution in [3.63, 3.8) is 0 Å². The molecule has 0 bridgehead atoms. The van der Waals surface area contributed by atoms with Crippen molar-refractivity contribution in [3.05, 3.63) is 29.1 Å². The van der Waals surface area contributed by atoms with E-state index in [-0.39, 0.29) is 11.6 Å². The van der Waals surface area contributed by atoms with Crippen LogP contribution in [0.4, 0.5) is 0 Å². The monoisotopic (exact) mass is 286 g/mol. The van der Waals surface area contributed by atoms with Crippen LogP contribution in [0.25, 0.3) is 10.1 Å². The Balaban J connectivity index is 1.85. The van der Waals surface area contributed by atoms with Crippen LogP contribution in [0, 0.1) is 0 Å². The van der Waals surface area contributed by atoms with E-state index in [1.165, 1.54) is 11.3 Å². The molecule has 0 amide bonds. The quantitative estimate of drug-likeness (QED) is 0.741. The van der Waals surface area contributed by atoms with Gasteiger partial charge in [-0.15, -0.1) is 11.3 Å². The van der Waals surface area contributed by atoms with Gasteiger partial charge in [-0.05, 0) is 25.0 Å². The molecule has 2 heterocycles. The minimum absolute atomic E-state index is 0.127. The van der Waals surface area contributed by atoms with Gasteiger partial charge in [0, 0.05) is 22.9 Å². The lowest BCUT2D eigenvalue weighted by Gasteiger charge is -2.39. The lowest BCUT2D eigenvalue weighted by Crippen LogP contribution is -2.45. The number of benzene rings is 1. The Kier molecular flexibility index (Phi) is 2.51. The third kappa shape index (κ3) is 1.71. The van der Waals surface area contributed by atoms with Gasteiger partial charge in [-0.25, -0.2) is 0 Å². The molecule has 0 radical (unpaired) electrons. The minimum atomic E-state index is -0.580. The molecule has 4 rings (SSSR count). The van der Waals surface area contributed by atoms with Crippen LogP contribution < -0.4 is 4.74 Å². The minimum Gasteiger partial charge on any atom is -0.484 e. The molecule has 20 heavy (non-hydrogen) atoms. The van der Waals surface area contributed by atoms with Crippen LogP contribution >= 0.6 is 11.3 Å². The molecule has 1 spiro atoms. The molecule has 0 N–H and O–H groups in total. The Bertz CT molecular complexity index is 730. The first-order chi connectivity index (χ1) is 9.67. The number of carbonyl (C=O) groups is 2. The highest BCUT2D eigenvalue weighted by Gasteiger charge is 2.45. The normalized spacial score (nSPS) is 25.8. The highest BCUT2D eigenvalue weighted by atomic mass is 32.1. The van der Waals surface area contributed by atoms with Crippen molar-refractivity contribution in [2.24, 2.45) is 0 Å². The van der Waals surface area contributed by atoms with Gasteiger partial charge < -0.3 is 4.74 Å². The van der Waals surface area contributed by atoms with Crippen LogP contribution in [0.3, 0.4) is 0 Å². The Labute approximate surface area is 120 Å². The molecule has 1 aromatic carbocycles. The molecule has 2 aliphatic rings. The molecule has 1 fully saturated rings. The zero-order valence-electron chi connectivity index (χ0n) is 11.0. The number of thiophene rings is 1. The topological polar surface area (TPSA) is 43.4 Å². The maximum atomic E-state index is 12.5. The van der Waals surface area contributed by atoms with Gasteiger partial charge in [0.15, 0.2) is 5.78 Å². The molecule has 102 valence electrons. The van der Waals surface area contributed by atoms with E-state index in [2.05, 4.69) is 0 Å². The fourth-order valence-electron chi connectivity index (χ4n) is 3.31. The number of Topliss-reactive ketones (excluding diaryl/α,β-unsaturated/α-hetero) is 2. The lowest BCUT2D eigenvalue weighted by atomic mass is 9.79. The second-order valence-electron chi connectivity index (χ2n) is 5.71. The predicted octanol–water partition coefficient (Wildman–Crippen LogP) is 3.75. The molecule has 1 aliphatic carbocycles. The lowest BCUT2D eigenvalue weighted by molar-refractivity contribution is -0.126. The van der Waals surface area contributed by atoms with Gasteiger partial charge in [0.25, 0.3) is 0 Å². The van der Waals surface area contributed by atoms with E-state index < -0.39 is 5.60 Å². The Morgan fingerprint density at radius 1 is 1.15 bits per heavy atom. The first-order valence-electron chi connectivity index (χ1n) is 6.92. The van der Waals surface area contributed by atoms with Crippen LogP contribution in [-0.2, 0) is 4.79 Å². The van der Waals surface area contributed by atoms with Crippen molar-refractivity contribution in [1.82, 2.24) is 0 Å². The predicted molar refractivity (Wildman–Crippen MR) is 77.6 cm³/mol. The van der Waals surface area contributed by atoms with Crippen molar-refractivity contribution in [2.45, 2.75) is 37.7 Å². The molecule has 2 aromatic rings. The van der Waals surface area contributed by atoms with Crippen molar-refractivity contribution in [3.8, 4) is 5.75 Å². The molecule has 1 atom stereocenters. The van der Waals surface area contributed by atoms with Gasteiger partial charge in [-0.2, -0.15) is 0 Å². The highest BCUT2D eigenvalue weighted by molar-refractivity contribution is 7.21. The molecule has 1 saturated carbocycles. The van der Waals surface area contributed by atoms with Gasteiger partial charge in [0.2, 0.25) is 0 Å². The summed E-state index contributed by atoms with van der Waals surface area (Å²) in [6.45, 7) is 0. The third-order valence-electron chi connectivity index (χ3n) is 4.21. The summed E-state index contributed by atoms with van der Waals surface area (Å²) < 4.78 is 7.30. The molecule has 3 nitrogen and oxygen atoms in total. The van der Waals surface area contributed by atoms with Crippen LogP contribution in [0.5, 0.6) is 5.75 Å². The number of hydrogen-bond donors (Lipinski definition) is 0. The Morgan fingerprint density at radius 3 is 2.85 bits per heavy atom. The molecule has 0 unspecified atom stereocenters.